The maximum Gasteiger partial charge on any atom is 0.344 e. The summed E-state index contributed by atoms with van der Waals surface area (Å²) in [5.41, 5.74) is 8.75. The summed E-state index contributed by atoms with van der Waals surface area (Å²) in [7, 11) is 1.58. The van der Waals surface area contributed by atoms with Crippen LogP contribution in [0.5, 0.6) is 11.5 Å². The fraction of sp³-hybridized carbons (Fsp3) is 0.345. The summed E-state index contributed by atoms with van der Waals surface area (Å²) in [6, 6.07) is 12.3. The van der Waals surface area contributed by atoms with Crippen LogP contribution in [-0.2, 0) is 10.5 Å². The van der Waals surface area contributed by atoms with Gasteiger partial charge in [-0.15, -0.1) is 11.8 Å². The number of ether oxygens (including phenoxy) is 3. The molecule has 4 nitrogen and oxygen atoms in total. The lowest BCUT2D eigenvalue weighted by Gasteiger charge is -2.21. The minimum atomic E-state index is -0.342. The number of benzene rings is 3. The van der Waals surface area contributed by atoms with E-state index < -0.39 is 0 Å². The normalized spacial score (nSPS) is 10.9. The zero-order chi connectivity index (χ0) is 25.0. The number of esters is 1. The average Bonchev–Trinajstić information content (AvgIpc) is 2.82. The van der Waals surface area contributed by atoms with Crippen molar-refractivity contribution in [1.82, 2.24) is 0 Å². The number of hydrogen-bond acceptors (Lipinski definition) is 5. The van der Waals surface area contributed by atoms with Crippen molar-refractivity contribution in [2.45, 2.75) is 59.1 Å². The minimum absolute atomic E-state index is 0.162. The monoisotopic (exact) mass is 478 g/mol. The molecule has 0 bridgehead atoms. The lowest BCUT2D eigenvalue weighted by Crippen LogP contribution is -2.16. The molecule has 0 atom stereocenters. The SMILES string of the molecule is COCOc1cc(C)c(C(=O)Oc2c(C)c(C)c(SCc3ccccc3)c(C)c2C)c(C)c1C. The van der Waals surface area contributed by atoms with Gasteiger partial charge in [-0.1, -0.05) is 30.3 Å². The second-order valence-corrected chi connectivity index (χ2v) is 9.68. The smallest absolute Gasteiger partial charge is 0.344 e. The number of hydrogen-bond donors (Lipinski definition) is 0. The first kappa shape index (κ1) is 25.9. The molecule has 0 N–H and O–H groups in total. The molecule has 180 valence electrons. The van der Waals surface area contributed by atoms with Crippen LogP contribution < -0.4 is 9.47 Å². The van der Waals surface area contributed by atoms with Gasteiger partial charge < -0.3 is 14.2 Å². The Morgan fingerprint density at radius 3 is 2.03 bits per heavy atom. The molecule has 0 heterocycles. The third kappa shape index (κ3) is 5.31. The number of rotatable bonds is 8. The van der Waals surface area contributed by atoms with E-state index in [9.17, 15) is 4.79 Å². The zero-order valence-electron chi connectivity index (χ0n) is 21.4. The van der Waals surface area contributed by atoms with Gasteiger partial charge >= 0.3 is 5.97 Å². The number of thioether (sulfide) groups is 1. The Balaban J connectivity index is 1.91. The molecule has 0 spiro atoms. The van der Waals surface area contributed by atoms with Crippen molar-refractivity contribution >= 4 is 17.7 Å². The van der Waals surface area contributed by atoms with Gasteiger partial charge in [0.05, 0.1) is 5.56 Å². The van der Waals surface area contributed by atoms with Crippen molar-refractivity contribution in [3.63, 3.8) is 0 Å². The van der Waals surface area contributed by atoms with E-state index >= 15 is 0 Å². The third-order valence-corrected chi connectivity index (χ3v) is 7.87. The van der Waals surface area contributed by atoms with Gasteiger partial charge in [0.1, 0.15) is 11.5 Å². The van der Waals surface area contributed by atoms with E-state index in [1.54, 1.807) is 7.11 Å². The molecule has 0 aromatic heterocycles. The molecular weight excluding hydrogens is 444 g/mol. The fourth-order valence-electron chi connectivity index (χ4n) is 4.12. The van der Waals surface area contributed by atoms with E-state index in [1.807, 2.05) is 58.5 Å². The molecule has 5 heteroatoms. The quantitative estimate of drug-likeness (QED) is 0.147. The molecule has 0 aliphatic carbocycles. The first-order valence-corrected chi connectivity index (χ1v) is 12.4. The number of carbonyl (C=O) groups excluding carboxylic acids is 1. The highest BCUT2D eigenvalue weighted by Crippen LogP contribution is 2.39. The summed E-state index contributed by atoms with van der Waals surface area (Å²) in [5, 5.41) is 0. The molecule has 0 amide bonds. The van der Waals surface area contributed by atoms with E-state index in [0.717, 1.165) is 44.7 Å². The van der Waals surface area contributed by atoms with Crippen LogP contribution in [0.25, 0.3) is 0 Å². The van der Waals surface area contributed by atoms with Gasteiger partial charge in [-0.3, -0.25) is 0 Å². The lowest BCUT2D eigenvalue weighted by atomic mass is 9.97. The summed E-state index contributed by atoms with van der Waals surface area (Å²) in [6.45, 7) is 14.2. The van der Waals surface area contributed by atoms with Gasteiger partial charge in [0.2, 0.25) is 0 Å². The average molecular weight is 479 g/mol. The first-order chi connectivity index (χ1) is 16.2. The minimum Gasteiger partial charge on any atom is -0.467 e. The standard InChI is InChI=1S/C29H34O4S/c1-17-14-25(32-16-31-8)18(2)19(3)26(17)29(30)33-27-20(4)22(6)28(23(7)21(27)5)34-15-24-12-10-9-11-13-24/h9-14H,15-16H2,1-8H3. The van der Waals surface area contributed by atoms with Crippen molar-refractivity contribution in [2.75, 3.05) is 13.9 Å². The predicted octanol–water partition coefficient (Wildman–Crippen LogP) is 7.34. The topological polar surface area (TPSA) is 44.8 Å². The summed E-state index contributed by atoms with van der Waals surface area (Å²) in [4.78, 5) is 14.6. The largest absolute Gasteiger partial charge is 0.467 e. The van der Waals surface area contributed by atoms with Crippen LogP contribution >= 0.6 is 11.8 Å². The summed E-state index contributed by atoms with van der Waals surface area (Å²) in [5.74, 6) is 1.92. The van der Waals surface area contributed by atoms with Crippen molar-refractivity contribution in [3.8, 4) is 11.5 Å². The molecule has 0 aliphatic rings. The van der Waals surface area contributed by atoms with Crippen molar-refractivity contribution < 1.29 is 19.0 Å². The van der Waals surface area contributed by atoms with Gasteiger partial charge in [0.15, 0.2) is 6.79 Å². The number of carbonyl (C=O) groups is 1. The van der Waals surface area contributed by atoms with Crippen LogP contribution in [0.1, 0.15) is 54.9 Å². The third-order valence-electron chi connectivity index (χ3n) is 6.49. The van der Waals surface area contributed by atoms with E-state index in [4.69, 9.17) is 14.2 Å². The number of aryl methyl sites for hydroxylation is 1. The second-order valence-electron chi connectivity index (χ2n) is 8.69. The van der Waals surface area contributed by atoms with Crippen molar-refractivity contribution in [2.24, 2.45) is 0 Å². The van der Waals surface area contributed by atoms with Gasteiger partial charge in [-0.2, -0.15) is 0 Å². The summed E-state index contributed by atoms with van der Waals surface area (Å²) >= 11 is 1.83. The molecule has 3 aromatic rings. The van der Waals surface area contributed by atoms with Gasteiger partial charge in [-0.25, -0.2) is 4.79 Å². The van der Waals surface area contributed by atoms with Crippen LogP contribution in [0.4, 0.5) is 0 Å². The molecule has 0 fully saturated rings. The Morgan fingerprint density at radius 2 is 1.44 bits per heavy atom. The number of methoxy groups -OCH3 is 1. The van der Waals surface area contributed by atoms with Crippen LogP contribution in [-0.4, -0.2) is 19.9 Å². The Hall–Kier alpha value is -2.76. The highest BCUT2D eigenvalue weighted by atomic mass is 32.2. The summed E-state index contributed by atoms with van der Waals surface area (Å²) in [6.07, 6.45) is 0. The van der Waals surface area contributed by atoms with E-state index in [0.29, 0.717) is 17.1 Å². The maximum atomic E-state index is 13.4. The molecular formula is C29H34O4S. The molecule has 0 radical (unpaired) electrons. The molecule has 34 heavy (non-hydrogen) atoms. The van der Waals surface area contributed by atoms with Crippen LogP contribution in [0.3, 0.4) is 0 Å². The second kappa shape index (κ2) is 11.1. The molecule has 0 aliphatic heterocycles. The van der Waals surface area contributed by atoms with Gasteiger partial charge in [0, 0.05) is 17.8 Å². The Morgan fingerprint density at radius 1 is 0.824 bits per heavy atom. The zero-order valence-corrected chi connectivity index (χ0v) is 22.2. The molecule has 0 saturated heterocycles. The van der Waals surface area contributed by atoms with Gasteiger partial charge in [-0.05, 0) is 99.0 Å². The molecule has 0 saturated carbocycles. The Kier molecular flexibility index (Phi) is 8.45. The van der Waals surface area contributed by atoms with Crippen LogP contribution in [0.15, 0.2) is 41.3 Å². The predicted molar refractivity (Wildman–Crippen MR) is 140 cm³/mol. The molecule has 3 aromatic carbocycles. The lowest BCUT2D eigenvalue weighted by molar-refractivity contribution is 0.0505. The van der Waals surface area contributed by atoms with Crippen molar-refractivity contribution in [1.29, 1.82) is 0 Å². The van der Waals surface area contributed by atoms with E-state index in [1.165, 1.54) is 10.5 Å². The van der Waals surface area contributed by atoms with Crippen LogP contribution in [0, 0.1) is 48.5 Å². The highest BCUT2D eigenvalue weighted by Gasteiger charge is 2.23. The van der Waals surface area contributed by atoms with Crippen molar-refractivity contribution in [3.05, 3.63) is 86.5 Å². The Labute approximate surface area is 207 Å². The highest BCUT2D eigenvalue weighted by molar-refractivity contribution is 7.98. The Bertz CT molecular complexity index is 1170. The van der Waals surface area contributed by atoms with E-state index in [2.05, 4.69) is 38.1 Å². The first-order valence-electron chi connectivity index (χ1n) is 11.4. The molecule has 3 rings (SSSR count). The maximum absolute atomic E-state index is 13.4. The van der Waals surface area contributed by atoms with Crippen LogP contribution in [0.2, 0.25) is 0 Å². The fourth-order valence-corrected chi connectivity index (χ4v) is 5.36. The molecule has 0 unspecified atom stereocenters. The van der Waals surface area contributed by atoms with E-state index in [-0.39, 0.29) is 12.8 Å². The summed E-state index contributed by atoms with van der Waals surface area (Å²) < 4.78 is 16.7. The van der Waals surface area contributed by atoms with Gasteiger partial charge in [0.25, 0.3) is 0 Å².